The maximum absolute atomic E-state index is 11.3. The molecule has 116 valence electrons. The molecule has 0 spiro atoms. The number of urea groups is 1. The molecule has 0 aliphatic heterocycles. The first kappa shape index (κ1) is 18.1. The van der Waals surface area contributed by atoms with Gasteiger partial charge in [-0.25, -0.2) is 23.1 Å². The van der Waals surface area contributed by atoms with Crippen molar-refractivity contribution in [2.75, 3.05) is 19.4 Å². The van der Waals surface area contributed by atoms with E-state index in [1.165, 1.54) is 0 Å². The topological polar surface area (TPSA) is 165 Å². The molecule has 10 nitrogen and oxygen atoms in total. The zero-order valence-electron chi connectivity index (χ0n) is 10.8. The first-order valence-electron chi connectivity index (χ1n) is 5.50. The Morgan fingerprint density at radius 1 is 1.35 bits per heavy atom. The summed E-state index contributed by atoms with van der Waals surface area (Å²) in [6.07, 6.45) is -0.433. The fourth-order valence-corrected chi connectivity index (χ4v) is 1.68. The van der Waals surface area contributed by atoms with Gasteiger partial charge in [0.05, 0.1) is 19.3 Å². The van der Waals surface area contributed by atoms with Crippen LogP contribution in [0.15, 0.2) is 0 Å². The van der Waals surface area contributed by atoms with Gasteiger partial charge in [-0.3, -0.25) is 4.79 Å². The average molecular weight is 311 g/mol. The minimum atomic E-state index is -3.60. The fourth-order valence-electron chi connectivity index (χ4n) is 1.13. The van der Waals surface area contributed by atoms with Gasteiger partial charge in [0.25, 0.3) is 0 Å². The molecule has 5 N–H and O–H groups in total. The zero-order valence-corrected chi connectivity index (χ0v) is 11.6. The smallest absolute Gasteiger partial charge is 0.326 e. The van der Waals surface area contributed by atoms with E-state index in [2.05, 4.69) is 10.1 Å². The number of sulfonamides is 1. The number of carboxylic acid groups (broad SMARTS) is 1. The van der Waals surface area contributed by atoms with E-state index in [4.69, 9.17) is 10.2 Å². The largest absolute Gasteiger partial charge is 0.480 e. The van der Waals surface area contributed by atoms with Crippen molar-refractivity contribution in [3.05, 3.63) is 0 Å². The molecular weight excluding hydrogens is 294 g/mol. The van der Waals surface area contributed by atoms with Crippen molar-refractivity contribution in [3.8, 4) is 0 Å². The van der Waals surface area contributed by atoms with Crippen LogP contribution in [-0.4, -0.2) is 56.9 Å². The number of esters is 1. The van der Waals surface area contributed by atoms with E-state index in [1.54, 1.807) is 0 Å². The molecule has 0 radical (unpaired) electrons. The van der Waals surface area contributed by atoms with Crippen LogP contribution in [0.1, 0.15) is 12.8 Å². The minimum Gasteiger partial charge on any atom is -0.480 e. The molecule has 1 atom stereocenters. The molecule has 0 aromatic rings. The van der Waals surface area contributed by atoms with Crippen LogP contribution in [0.2, 0.25) is 0 Å². The van der Waals surface area contributed by atoms with Gasteiger partial charge >= 0.3 is 18.0 Å². The summed E-state index contributed by atoms with van der Waals surface area (Å²) in [5.74, 6) is -2.49. The molecule has 11 heteroatoms. The molecule has 0 aliphatic rings. The molecule has 0 heterocycles. The molecule has 0 aromatic carbocycles. The van der Waals surface area contributed by atoms with E-state index in [0.29, 0.717) is 0 Å². The first-order valence-corrected chi connectivity index (χ1v) is 7.21. The summed E-state index contributed by atoms with van der Waals surface area (Å²) < 4.78 is 25.5. The Morgan fingerprint density at radius 2 is 1.95 bits per heavy atom. The van der Waals surface area contributed by atoms with Gasteiger partial charge in [0, 0.05) is 6.54 Å². The molecular formula is C9H17N3O7S. The second-order valence-electron chi connectivity index (χ2n) is 3.79. The summed E-state index contributed by atoms with van der Waals surface area (Å²) in [7, 11) is -2.51. The number of nitrogens with two attached hydrogens (primary N) is 1. The maximum atomic E-state index is 11.3. The Bertz CT molecular complexity index is 462. The third-order valence-corrected chi connectivity index (χ3v) is 2.95. The SMILES string of the molecule is COC(=O)C[C@H](NC(=O)NCCCS(N)(=O)=O)C(=O)O. The van der Waals surface area contributed by atoms with Crippen molar-refractivity contribution >= 4 is 28.0 Å². The predicted octanol–water partition coefficient (Wildman–Crippen LogP) is -2.02. The van der Waals surface area contributed by atoms with E-state index < -0.39 is 40.5 Å². The first-order chi connectivity index (χ1) is 9.15. The third kappa shape index (κ3) is 9.10. The number of ether oxygens (including phenoxy) is 1. The van der Waals surface area contributed by atoms with Gasteiger partial charge in [-0.1, -0.05) is 0 Å². The number of aliphatic carboxylic acids is 1. The summed E-state index contributed by atoms with van der Waals surface area (Å²) >= 11 is 0. The highest BCUT2D eigenvalue weighted by Gasteiger charge is 2.23. The Labute approximate surface area is 115 Å². The lowest BCUT2D eigenvalue weighted by molar-refractivity contribution is -0.147. The second-order valence-corrected chi connectivity index (χ2v) is 5.53. The van der Waals surface area contributed by atoms with Gasteiger partial charge in [0.2, 0.25) is 10.0 Å². The van der Waals surface area contributed by atoms with Crippen LogP contribution >= 0.6 is 0 Å². The lowest BCUT2D eigenvalue weighted by atomic mass is 10.2. The number of carbonyl (C=O) groups is 3. The number of methoxy groups -OCH3 is 1. The van der Waals surface area contributed by atoms with Crippen LogP contribution in [0.25, 0.3) is 0 Å². The summed E-state index contributed by atoms with van der Waals surface area (Å²) in [5, 5.41) is 17.9. The molecule has 0 bridgehead atoms. The van der Waals surface area contributed by atoms with Crippen molar-refractivity contribution in [1.82, 2.24) is 10.6 Å². The highest BCUT2D eigenvalue weighted by Crippen LogP contribution is 1.95. The van der Waals surface area contributed by atoms with Crippen molar-refractivity contribution < 1.29 is 32.6 Å². The highest BCUT2D eigenvalue weighted by atomic mass is 32.2. The quantitative estimate of drug-likeness (QED) is 0.296. The molecule has 0 aromatic heterocycles. The average Bonchev–Trinajstić information content (AvgIpc) is 2.32. The van der Waals surface area contributed by atoms with E-state index in [9.17, 15) is 22.8 Å². The molecule has 20 heavy (non-hydrogen) atoms. The number of nitrogens with one attached hydrogen (secondary N) is 2. The van der Waals surface area contributed by atoms with Crippen LogP contribution in [-0.2, 0) is 24.3 Å². The number of hydrogen-bond donors (Lipinski definition) is 4. The number of carboxylic acids is 1. The van der Waals surface area contributed by atoms with Gasteiger partial charge in [0.1, 0.15) is 6.04 Å². The highest BCUT2D eigenvalue weighted by molar-refractivity contribution is 7.89. The molecule has 0 saturated heterocycles. The molecule has 0 rings (SSSR count). The van der Waals surface area contributed by atoms with E-state index >= 15 is 0 Å². The number of amides is 2. The maximum Gasteiger partial charge on any atom is 0.326 e. The second kappa shape index (κ2) is 8.32. The van der Waals surface area contributed by atoms with Crippen LogP contribution < -0.4 is 15.8 Å². The van der Waals surface area contributed by atoms with Gasteiger partial charge < -0.3 is 20.5 Å². The van der Waals surface area contributed by atoms with E-state index in [0.717, 1.165) is 7.11 Å². The summed E-state index contributed by atoms with van der Waals surface area (Å²) in [5.41, 5.74) is 0. The van der Waals surface area contributed by atoms with Crippen molar-refractivity contribution in [3.63, 3.8) is 0 Å². The Hall–Kier alpha value is -1.88. The van der Waals surface area contributed by atoms with Crippen molar-refractivity contribution in [1.29, 1.82) is 0 Å². The summed E-state index contributed by atoms with van der Waals surface area (Å²) in [4.78, 5) is 33.1. The zero-order chi connectivity index (χ0) is 15.8. The number of rotatable bonds is 8. The molecule has 0 aliphatic carbocycles. The minimum absolute atomic E-state index is 0.00712. The number of carbonyl (C=O) groups excluding carboxylic acids is 2. The van der Waals surface area contributed by atoms with Gasteiger partial charge in [0.15, 0.2) is 0 Å². The van der Waals surface area contributed by atoms with Gasteiger partial charge in [-0.2, -0.15) is 0 Å². The van der Waals surface area contributed by atoms with Crippen LogP contribution in [0.5, 0.6) is 0 Å². The number of hydrogen-bond acceptors (Lipinski definition) is 6. The lowest BCUT2D eigenvalue weighted by Crippen LogP contribution is -2.47. The third-order valence-electron chi connectivity index (χ3n) is 2.09. The van der Waals surface area contributed by atoms with Gasteiger partial charge in [-0.15, -0.1) is 0 Å². The number of primary sulfonamides is 1. The van der Waals surface area contributed by atoms with Gasteiger partial charge in [-0.05, 0) is 6.42 Å². The molecule has 0 saturated carbocycles. The predicted molar refractivity (Wildman–Crippen MR) is 67.2 cm³/mol. The standard InChI is InChI=1S/C9H17N3O7S/c1-19-7(13)5-6(8(14)15)12-9(16)11-3-2-4-20(10,17)18/h6H,2-5H2,1H3,(H,14,15)(H2,10,17,18)(H2,11,12,16)/t6-/m0/s1. The normalized spacial score (nSPS) is 12.3. The Morgan fingerprint density at radius 3 is 2.40 bits per heavy atom. The van der Waals surface area contributed by atoms with Crippen molar-refractivity contribution in [2.45, 2.75) is 18.9 Å². The van der Waals surface area contributed by atoms with Crippen LogP contribution in [0.4, 0.5) is 4.79 Å². The van der Waals surface area contributed by atoms with Crippen LogP contribution in [0.3, 0.4) is 0 Å². The molecule has 2 amide bonds. The fraction of sp³-hybridized carbons (Fsp3) is 0.667. The summed E-state index contributed by atoms with van der Waals surface area (Å²) in [6, 6.07) is -2.27. The molecule has 0 fully saturated rings. The molecule has 0 unspecified atom stereocenters. The van der Waals surface area contributed by atoms with Crippen LogP contribution in [0, 0.1) is 0 Å². The summed E-state index contributed by atoms with van der Waals surface area (Å²) in [6.45, 7) is -0.00712. The lowest BCUT2D eigenvalue weighted by Gasteiger charge is -2.13. The Balaban J connectivity index is 4.14. The Kier molecular flexibility index (Phi) is 7.54. The van der Waals surface area contributed by atoms with E-state index in [-0.39, 0.29) is 18.7 Å². The van der Waals surface area contributed by atoms with E-state index in [1.807, 2.05) is 5.32 Å². The van der Waals surface area contributed by atoms with Crippen molar-refractivity contribution in [2.24, 2.45) is 5.14 Å². The monoisotopic (exact) mass is 311 g/mol.